The maximum atomic E-state index is 13.9. The highest BCUT2D eigenvalue weighted by molar-refractivity contribution is 9.10. The van der Waals surface area contributed by atoms with E-state index < -0.39 is 11.7 Å². The van der Waals surface area contributed by atoms with Gasteiger partial charge in [-0.05, 0) is 28.1 Å². The Morgan fingerprint density at radius 1 is 1.38 bits per heavy atom. The number of amides is 1. The molecule has 0 aliphatic heterocycles. The van der Waals surface area contributed by atoms with Gasteiger partial charge in [0.1, 0.15) is 11.5 Å². The van der Waals surface area contributed by atoms with Crippen molar-refractivity contribution in [3.8, 4) is 0 Å². The van der Waals surface area contributed by atoms with E-state index in [0.717, 1.165) is 0 Å². The zero-order valence-corrected chi connectivity index (χ0v) is 15.0. The van der Waals surface area contributed by atoms with Gasteiger partial charge in [-0.15, -0.1) is 0 Å². The lowest BCUT2D eigenvalue weighted by Crippen LogP contribution is -2.14. The van der Waals surface area contributed by atoms with Gasteiger partial charge in [-0.2, -0.15) is 10.2 Å². The Kier molecular flexibility index (Phi) is 4.88. The molecule has 0 saturated carbocycles. The van der Waals surface area contributed by atoms with E-state index in [1.54, 1.807) is 12.3 Å². The predicted octanol–water partition coefficient (Wildman–Crippen LogP) is 4.12. The molecule has 124 valence electrons. The molecule has 1 amide bonds. The molecule has 0 aliphatic carbocycles. The molecule has 0 spiro atoms. The number of nitrogens with one attached hydrogen (secondary N) is 2. The summed E-state index contributed by atoms with van der Waals surface area (Å²) in [4.78, 5) is 12.1. The fourth-order valence-corrected chi connectivity index (χ4v) is 2.82. The number of rotatable bonds is 4. The van der Waals surface area contributed by atoms with E-state index in [9.17, 15) is 9.18 Å². The quantitative estimate of drug-likeness (QED) is 0.651. The van der Waals surface area contributed by atoms with Crippen molar-refractivity contribution in [2.75, 3.05) is 5.32 Å². The molecule has 3 rings (SSSR count). The highest BCUT2D eigenvalue weighted by Crippen LogP contribution is 2.24. The van der Waals surface area contributed by atoms with Crippen LogP contribution in [0.3, 0.4) is 0 Å². The Morgan fingerprint density at radius 2 is 2.17 bits per heavy atom. The Balaban J connectivity index is 1.81. The number of aromatic nitrogens is 4. The van der Waals surface area contributed by atoms with Gasteiger partial charge in [-0.1, -0.05) is 29.3 Å². The summed E-state index contributed by atoms with van der Waals surface area (Å²) in [6, 6.07) is 4.45. The van der Waals surface area contributed by atoms with Crippen LogP contribution in [0.25, 0.3) is 0 Å². The van der Waals surface area contributed by atoms with E-state index in [1.165, 1.54) is 23.0 Å². The number of carbonyl (C=O) groups is 1. The highest BCUT2D eigenvalue weighted by atomic mass is 79.9. The number of aromatic amines is 1. The number of halogens is 4. The van der Waals surface area contributed by atoms with Crippen molar-refractivity contribution in [1.29, 1.82) is 0 Å². The minimum Gasteiger partial charge on any atom is -0.303 e. The Bertz CT molecular complexity index is 890. The second-order valence-electron chi connectivity index (χ2n) is 4.77. The van der Waals surface area contributed by atoms with E-state index in [2.05, 4.69) is 36.5 Å². The van der Waals surface area contributed by atoms with Crippen molar-refractivity contribution in [2.45, 2.75) is 6.54 Å². The lowest BCUT2D eigenvalue weighted by Gasteiger charge is -2.06. The number of H-pyrrole nitrogens is 1. The molecule has 3 aromatic rings. The lowest BCUT2D eigenvalue weighted by atomic mass is 10.2. The smallest absolute Gasteiger partial charge is 0.276 e. The van der Waals surface area contributed by atoms with Crippen LogP contribution in [0, 0.1) is 5.82 Å². The van der Waals surface area contributed by atoms with Crippen molar-refractivity contribution < 1.29 is 9.18 Å². The molecule has 2 N–H and O–H groups in total. The Morgan fingerprint density at radius 3 is 2.83 bits per heavy atom. The van der Waals surface area contributed by atoms with Crippen molar-refractivity contribution >= 4 is 50.9 Å². The van der Waals surface area contributed by atoms with E-state index in [4.69, 9.17) is 23.2 Å². The maximum absolute atomic E-state index is 13.9. The summed E-state index contributed by atoms with van der Waals surface area (Å²) in [6.07, 6.45) is 2.93. The van der Waals surface area contributed by atoms with Crippen LogP contribution >= 0.6 is 39.1 Å². The molecule has 2 aromatic heterocycles. The zero-order chi connectivity index (χ0) is 17.3. The van der Waals surface area contributed by atoms with Gasteiger partial charge >= 0.3 is 0 Å². The average Bonchev–Trinajstić information content (AvgIpc) is 3.09. The molecule has 1 aromatic carbocycles. The zero-order valence-electron chi connectivity index (χ0n) is 11.9. The van der Waals surface area contributed by atoms with Gasteiger partial charge in [0.25, 0.3) is 5.91 Å². The monoisotopic (exact) mass is 431 g/mol. The number of hydrogen-bond acceptors (Lipinski definition) is 3. The molecule has 6 nitrogen and oxygen atoms in total. The van der Waals surface area contributed by atoms with Gasteiger partial charge < -0.3 is 5.32 Å². The summed E-state index contributed by atoms with van der Waals surface area (Å²) in [5, 5.41) is 13.5. The predicted molar refractivity (Wildman–Crippen MR) is 92.0 cm³/mol. The van der Waals surface area contributed by atoms with Gasteiger partial charge in [0, 0.05) is 16.8 Å². The first kappa shape index (κ1) is 16.9. The first-order valence-corrected chi connectivity index (χ1v) is 8.16. The van der Waals surface area contributed by atoms with E-state index in [0.29, 0.717) is 15.1 Å². The van der Waals surface area contributed by atoms with Crippen LogP contribution in [0.1, 0.15) is 16.1 Å². The summed E-state index contributed by atoms with van der Waals surface area (Å²) in [5.74, 6) is -0.658. The van der Waals surface area contributed by atoms with Crippen LogP contribution in [0.2, 0.25) is 10.0 Å². The number of carbonyl (C=O) groups excluding carboxylic acids is 1. The summed E-state index contributed by atoms with van der Waals surface area (Å²) < 4.78 is 15.8. The third-order valence-electron chi connectivity index (χ3n) is 3.15. The number of benzene rings is 1. The number of anilines is 1. The second-order valence-corrected chi connectivity index (χ2v) is 6.44. The van der Waals surface area contributed by atoms with Crippen LogP contribution in [-0.4, -0.2) is 25.9 Å². The summed E-state index contributed by atoms with van der Waals surface area (Å²) in [6.45, 7) is 0.116. The highest BCUT2D eigenvalue weighted by Gasteiger charge is 2.17. The fourth-order valence-electron chi connectivity index (χ4n) is 2.01. The van der Waals surface area contributed by atoms with Crippen LogP contribution in [0.4, 0.5) is 10.2 Å². The standard InChI is InChI=1S/C14H9BrCl2FN5O/c15-8-6-23(5-7-9(16)2-1-3-11(7)18)22-13(8)20-14(24)12-10(17)4-19-21-12/h1-4,6H,5H2,(H,19,21)(H,20,22,24). The van der Waals surface area contributed by atoms with Gasteiger partial charge in [0.15, 0.2) is 5.82 Å². The molecule has 2 heterocycles. The fraction of sp³-hybridized carbons (Fsp3) is 0.0714. The third kappa shape index (κ3) is 3.45. The van der Waals surface area contributed by atoms with Gasteiger partial charge in [-0.3, -0.25) is 14.6 Å². The largest absolute Gasteiger partial charge is 0.303 e. The SMILES string of the molecule is O=C(Nc1nn(Cc2c(F)cccc2Cl)cc1Br)c1[nH]ncc1Cl. The normalized spacial score (nSPS) is 10.8. The van der Waals surface area contributed by atoms with E-state index in [-0.39, 0.29) is 23.1 Å². The van der Waals surface area contributed by atoms with Crippen molar-refractivity contribution in [3.05, 3.63) is 62.2 Å². The summed E-state index contributed by atoms with van der Waals surface area (Å²) in [5.41, 5.74) is 0.430. The van der Waals surface area contributed by atoms with Gasteiger partial charge in [0.2, 0.25) is 0 Å². The Hall–Kier alpha value is -1.90. The maximum Gasteiger partial charge on any atom is 0.276 e. The molecule has 10 heteroatoms. The second kappa shape index (κ2) is 6.92. The van der Waals surface area contributed by atoms with Gasteiger partial charge in [0.05, 0.1) is 22.2 Å². The van der Waals surface area contributed by atoms with Crippen molar-refractivity contribution in [1.82, 2.24) is 20.0 Å². The minimum atomic E-state index is -0.493. The van der Waals surface area contributed by atoms with Crippen molar-refractivity contribution in [3.63, 3.8) is 0 Å². The number of hydrogen-bond donors (Lipinski definition) is 2. The number of nitrogens with zero attached hydrogens (tertiary/aromatic N) is 3. The molecule has 0 bridgehead atoms. The first-order chi connectivity index (χ1) is 11.5. The lowest BCUT2D eigenvalue weighted by molar-refractivity contribution is 0.102. The van der Waals surface area contributed by atoms with Crippen LogP contribution in [-0.2, 0) is 6.54 Å². The average molecular weight is 433 g/mol. The van der Waals surface area contributed by atoms with Crippen LogP contribution < -0.4 is 5.32 Å². The minimum absolute atomic E-state index is 0.116. The van der Waals surface area contributed by atoms with E-state index >= 15 is 0 Å². The molecule has 0 fully saturated rings. The summed E-state index contributed by atoms with van der Waals surface area (Å²) >= 11 is 15.1. The molecule has 0 saturated heterocycles. The topological polar surface area (TPSA) is 75.6 Å². The molecule has 0 aliphatic rings. The van der Waals surface area contributed by atoms with Crippen LogP contribution in [0.5, 0.6) is 0 Å². The summed E-state index contributed by atoms with van der Waals surface area (Å²) in [7, 11) is 0. The molecule has 24 heavy (non-hydrogen) atoms. The van der Waals surface area contributed by atoms with E-state index in [1.807, 2.05) is 0 Å². The molecular weight excluding hydrogens is 424 g/mol. The van der Waals surface area contributed by atoms with Gasteiger partial charge in [-0.25, -0.2) is 4.39 Å². The van der Waals surface area contributed by atoms with Crippen LogP contribution in [0.15, 0.2) is 35.1 Å². The molecular formula is C14H9BrCl2FN5O. The Labute approximate surface area is 154 Å². The first-order valence-electron chi connectivity index (χ1n) is 6.61. The molecule has 0 atom stereocenters. The van der Waals surface area contributed by atoms with Crippen molar-refractivity contribution in [2.24, 2.45) is 0 Å². The third-order valence-corrected chi connectivity index (χ3v) is 4.37. The molecule has 0 radical (unpaired) electrons. The molecule has 0 unspecified atom stereocenters.